The fourth-order valence-electron chi connectivity index (χ4n) is 4.40. The number of anilines is 2. The van der Waals surface area contributed by atoms with Crippen LogP contribution in [0.25, 0.3) is 21.9 Å². The Kier molecular flexibility index (Phi) is 8.15. The van der Waals surface area contributed by atoms with E-state index in [1.165, 1.54) is 0 Å². The molecule has 0 aliphatic carbocycles. The van der Waals surface area contributed by atoms with Crippen molar-refractivity contribution < 1.29 is 14.7 Å². The molecule has 0 spiro atoms. The van der Waals surface area contributed by atoms with E-state index < -0.39 is 6.09 Å². The Hall–Kier alpha value is -3.94. The van der Waals surface area contributed by atoms with Crippen LogP contribution >= 0.6 is 0 Å². The highest BCUT2D eigenvalue weighted by Gasteiger charge is 2.19. The van der Waals surface area contributed by atoms with Crippen LogP contribution in [-0.4, -0.2) is 31.6 Å². The number of carbonyl (C=O) groups excluding carboxylic acids is 1. The number of hydrogen-bond acceptors (Lipinski definition) is 4. The van der Waals surface area contributed by atoms with Gasteiger partial charge in [-0.3, -0.25) is 10.1 Å². The lowest BCUT2D eigenvalue weighted by Crippen LogP contribution is -2.11. The number of aromatic nitrogens is 3. The normalized spacial score (nSPS) is 11.2. The van der Waals surface area contributed by atoms with Gasteiger partial charge in [0.1, 0.15) is 11.3 Å². The van der Waals surface area contributed by atoms with Gasteiger partial charge in [-0.2, -0.15) is 0 Å². The summed E-state index contributed by atoms with van der Waals surface area (Å²) in [6.45, 7) is 4.83. The van der Waals surface area contributed by atoms with Crippen LogP contribution in [0.1, 0.15) is 63.8 Å². The van der Waals surface area contributed by atoms with Gasteiger partial charge in [0, 0.05) is 30.5 Å². The topological polar surface area (TPSA) is 109 Å². The average Bonchev–Trinajstić information content (AvgIpc) is 3.22. The van der Waals surface area contributed by atoms with E-state index in [9.17, 15) is 14.7 Å². The van der Waals surface area contributed by atoms with Crippen LogP contribution in [0.15, 0.2) is 48.5 Å². The fourth-order valence-corrected chi connectivity index (χ4v) is 4.40. The Morgan fingerprint density at radius 3 is 2.39 bits per heavy atom. The summed E-state index contributed by atoms with van der Waals surface area (Å²) in [5.41, 5.74) is 3.97. The number of nitrogens with zero attached hydrogens (tertiary/aromatic N) is 3. The third-order valence-electron chi connectivity index (χ3n) is 6.23. The van der Waals surface area contributed by atoms with Crippen molar-refractivity contribution in [3.63, 3.8) is 0 Å². The fraction of sp³-hybridized carbons (Fsp3) is 0.357. The molecule has 0 saturated heterocycles. The summed E-state index contributed by atoms with van der Waals surface area (Å²) in [4.78, 5) is 33.0. The minimum Gasteiger partial charge on any atom is -0.465 e. The lowest BCUT2D eigenvalue weighted by Gasteiger charge is -2.12. The molecule has 0 saturated carbocycles. The Morgan fingerprint density at radius 2 is 1.67 bits per heavy atom. The monoisotopic (exact) mass is 487 g/mol. The van der Waals surface area contributed by atoms with E-state index >= 15 is 0 Å². The van der Waals surface area contributed by atoms with Crippen LogP contribution in [0.5, 0.6) is 0 Å². The van der Waals surface area contributed by atoms with E-state index in [4.69, 9.17) is 4.98 Å². The zero-order valence-corrected chi connectivity index (χ0v) is 20.9. The van der Waals surface area contributed by atoms with Crippen LogP contribution in [0.2, 0.25) is 0 Å². The molecule has 2 aromatic heterocycles. The number of fused-ring (bicyclic) bond motifs is 3. The molecule has 188 valence electrons. The summed E-state index contributed by atoms with van der Waals surface area (Å²) in [5.74, 6) is 1.18. The lowest BCUT2D eigenvalue weighted by molar-refractivity contribution is -0.116. The van der Waals surface area contributed by atoms with E-state index in [1.807, 2.05) is 48.5 Å². The Balaban J connectivity index is 1.70. The second kappa shape index (κ2) is 11.7. The maximum Gasteiger partial charge on any atom is 0.410 e. The van der Waals surface area contributed by atoms with E-state index in [1.54, 1.807) is 0 Å². The van der Waals surface area contributed by atoms with Crippen LogP contribution in [0.3, 0.4) is 0 Å². The van der Waals surface area contributed by atoms with Crippen molar-refractivity contribution >= 4 is 45.4 Å². The third kappa shape index (κ3) is 5.82. The number of nitrogens with one attached hydrogen (secondary N) is 2. The first-order valence-electron chi connectivity index (χ1n) is 12.7. The highest BCUT2D eigenvalue weighted by molar-refractivity contribution is 6.08. The molecule has 8 nitrogen and oxygen atoms in total. The number of benzene rings is 2. The Labute approximate surface area is 210 Å². The largest absolute Gasteiger partial charge is 0.465 e. The number of pyridine rings is 1. The zero-order valence-electron chi connectivity index (χ0n) is 20.9. The first-order valence-corrected chi connectivity index (χ1v) is 12.7. The number of para-hydroxylation sites is 1. The standard InChI is InChI=1S/C28H33N5O3/c1-3-5-7-13-24(34)29-20-16-14-19(15-17-20)18-33-23(12-6-4-2)31-25-26(33)21-10-8-9-11-22(21)30-27(25)32-28(35)36/h8-11,14-17H,3-7,12-13,18H2,1-2H3,(H,29,34)(H,30,32)(H,35,36). The van der Waals surface area contributed by atoms with Crippen LogP contribution in [0.4, 0.5) is 16.3 Å². The minimum absolute atomic E-state index is 0.0380. The van der Waals surface area contributed by atoms with E-state index in [0.29, 0.717) is 24.0 Å². The first kappa shape index (κ1) is 25.2. The Morgan fingerprint density at radius 1 is 0.917 bits per heavy atom. The SMILES string of the molecule is CCCCCC(=O)Nc1ccc(Cn2c(CCCC)nc3c(NC(=O)O)nc4ccccc4c32)cc1. The van der Waals surface area contributed by atoms with Gasteiger partial charge in [0.2, 0.25) is 5.91 Å². The summed E-state index contributed by atoms with van der Waals surface area (Å²) < 4.78 is 2.17. The zero-order chi connectivity index (χ0) is 25.5. The van der Waals surface area contributed by atoms with Gasteiger partial charge < -0.3 is 15.0 Å². The summed E-state index contributed by atoms with van der Waals surface area (Å²) >= 11 is 0. The number of carboxylic acid groups (broad SMARTS) is 1. The molecule has 0 aliphatic rings. The quantitative estimate of drug-likeness (QED) is 0.207. The van der Waals surface area contributed by atoms with Crippen molar-refractivity contribution in [3.8, 4) is 0 Å². The van der Waals surface area contributed by atoms with Crippen molar-refractivity contribution in [2.24, 2.45) is 0 Å². The van der Waals surface area contributed by atoms with Crippen molar-refractivity contribution in [2.75, 3.05) is 10.6 Å². The maximum absolute atomic E-state index is 12.2. The van der Waals surface area contributed by atoms with E-state index in [0.717, 1.165) is 66.5 Å². The summed E-state index contributed by atoms with van der Waals surface area (Å²) in [5, 5.41) is 15.7. The second-order valence-electron chi connectivity index (χ2n) is 9.02. The van der Waals surface area contributed by atoms with Gasteiger partial charge in [0.25, 0.3) is 0 Å². The molecule has 0 aliphatic heterocycles. The van der Waals surface area contributed by atoms with E-state index in [-0.39, 0.29) is 11.7 Å². The predicted octanol–water partition coefficient (Wildman–Crippen LogP) is 6.58. The minimum atomic E-state index is -1.17. The highest BCUT2D eigenvalue weighted by Crippen LogP contribution is 2.31. The molecule has 2 aromatic carbocycles. The molecule has 8 heteroatoms. The summed E-state index contributed by atoms with van der Waals surface area (Å²) in [7, 11) is 0. The second-order valence-corrected chi connectivity index (χ2v) is 9.02. The number of carbonyl (C=O) groups is 2. The summed E-state index contributed by atoms with van der Waals surface area (Å²) in [6, 6.07) is 15.6. The van der Waals surface area contributed by atoms with Crippen LogP contribution in [-0.2, 0) is 17.8 Å². The van der Waals surface area contributed by atoms with E-state index in [2.05, 4.69) is 34.0 Å². The van der Waals surface area contributed by atoms with Gasteiger partial charge in [0.05, 0.1) is 11.0 Å². The van der Waals surface area contributed by atoms with Crippen molar-refractivity contribution in [1.29, 1.82) is 0 Å². The number of unbranched alkanes of at least 4 members (excludes halogenated alkanes) is 3. The van der Waals surface area contributed by atoms with Gasteiger partial charge in [-0.25, -0.2) is 14.8 Å². The molecule has 0 unspecified atom stereocenters. The number of amides is 2. The molecule has 3 N–H and O–H groups in total. The van der Waals surface area contributed by atoms with Gasteiger partial charge in [-0.05, 0) is 36.6 Å². The molecule has 2 amide bonds. The van der Waals surface area contributed by atoms with Crippen LogP contribution < -0.4 is 10.6 Å². The summed E-state index contributed by atoms with van der Waals surface area (Å²) in [6.07, 6.45) is 5.17. The number of rotatable bonds is 11. The van der Waals surface area contributed by atoms with Gasteiger partial charge >= 0.3 is 6.09 Å². The molecule has 2 heterocycles. The molecule has 4 rings (SSSR count). The first-order chi connectivity index (χ1) is 17.5. The lowest BCUT2D eigenvalue weighted by atomic mass is 10.1. The maximum atomic E-state index is 12.2. The molecule has 4 aromatic rings. The van der Waals surface area contributed by atoms with Crippen molar-refractivity contribution in [3.05, 3.63) is 59.9 Å². The van der Waals surface area contributed by atoms with Crippen molar-refractivity contribution in [2.45, 2.75) is 65.3 Å². The molecular formula is C28H33N5O3. The molecule has 0 fully saturated rings. The number of imidazole rings is 1. The number of hydrogen-bond donors (Lipinski definition) is 3. The van der Waals surface area contributed by atoms with Gasteiger partial charge in [-0.15, -0.1) is 0 Å². The van der Waals surface area contributed by atoms with Crippen molar-refractivity contribution in [1.82, 2.24) is 14.5 Å². The molecule has 0 atom stereocenters. The van der Waals surface area contributed by atoms with Gasteiger partial charge in [0.15, 0.2) is 5.82 Å². The Bertz CT molecular complexity index is 1360. The highest BCUT2D eigenvalue weighted by atomic mass is 16.4. The molecular weight excluding hydrogens is 454 g/mol. The molecule has 0 bridgehead atoms. The smallest absolute Gasteiger partial charge is 0.410 e. The average molecular weight is 488 g/mol. The third-order valence-corrected chi connectivity index (χ3v) is 6.23. The number of aryl methyl sites for hydroxylation is 1. The molecule has 36 heavy (non-hydrogen) atoms. The van der Waals surface area contributed by atoms with Crippen LogP contribution in [0, 0.1) is 0 Å². The predicted molar refractivity (Wildman–Crippen MR) is 144 cm³/mol. The molecule has 0 radical (unpaired) electrons. The van der Waals surface area contributed by atoms with Gasteiger partial charge in [-0.1, -0.05) is 63.4 Å².